The van der Waals surface area contributed by atoms with Crippen molar-refractivity contribution < 1.29 is 68.3 Å². The van der Waals surface area contributed by atoms with Gasteiger partial charge in [0.25, 0.3) is 0 Å². The van der Waals surface area contributed by atoms with Gasteiger partial charge in [-0.2, -0.15) is 0 Å². The zero-order chi connectivity index (χ0) is 44.4. The van der Waals surface area contributed by atoms with Crippen LogP contribution in [0.25, 0.3) is 0 Å². The summed E-state index contributed by atoms with van der Waals surface area (Å²) in [5.74, 6) is -5.57. The number of esters is 1. The largest absolute Gasteiger partial charge is 0.490 e. The van der Waals surface area contributed by atoms with Crippen molar-refractivity contribution in [3.8, 4) is 0 Å². The third-order valence-corrected chi connectivity index (χ3v) is 12.0. The Bertz CT molecular complexity index is 1520. The lowest BCUT2D eigenvalue weighted by Crippen LogP contribution is -2.59. The van der Waals surface area contributed by atoms with Crippen LogP contribution in [0.1, 0.15) is 88.0 Å². The molecule has 3 aliphatic heterocycles. The van der Waals surface area contributed by atoms with Crippen molar-refractivity contribution in [1.82, 2.24) is 0 Å². The van der Waals surface area contributed by atoms with Gasteiger partial charge in [0.1, 0.15) is 12.2 Å². The van der Waals surface area contributed by atoms with Crippen LogP contribution in [-0.4, -0.2) is 125 Å². The van der Waals surface area contributed by atoms with Crippen molar-refractivity contribution in [1.29, 1.82) is 0 Å². The number of nitrogens with two attached hydrogens (primary N) is 1. The molecule has 0 unspecified atom stereocenters. The van der Waals surface area contributed by atoms with E-state index in [1.54, 1.807) is 58.1 Å². The Morgan fingerprint density at radius 2 is 1.73 bits per heavy atom. The molecule has 0 aromatic rings. The molecule has 2 fully saturated rings. The second-order valence-electron chi connectivity index (χ2n) is 16.8. The molecule has 3 rings (SSSR count). The number of hydrogen-bond donors (Lipinski definition) is 6. The fourth-order valence-electron chi connectivity index (χ4n) is 8.17. The highest BCUT2D eigenvalue weighted by Gasteiger charge is 2.52. The van der Waals surface area contributed by atoms with E-state index in [1.807, 2.05) is 40.7 Å². The molecule has 0 spiro atoms. The molecule has 7 N–H and O–H groups in total. The summed E-state index contributed by atoms with van der Waals surface area (Å²) in [5.41, 5.74) is 6.77. The second-order valence-corrected chi connectivity index (χ2v) is 16.8. The predicted octanol–water partition coefficient (Wildman–Crippen LogP) is 4.35. The van der Waals surface area contributed by atoms with Crippen LogP contribution in [0.15, 0.2) is 59.4 Å². The minimum absolute atomic E-state index is 0.0306. The van der Waals surface area contributed by atoms with E-state index >= 15 is 0 Å². The summed E-state index contributed by atoms with van der Waals surface area (Å²) in [4.78, 5) is 25.2. The van der Waals surface area contributed by atoms with Gasteiger partial charge in [0, 0.05) is 50.0 Å². The van der Waals surface area contributed by atoms with Crippen LogP contribution < -0.4 is 5.73 Å². The summed E-state index contributed by atoms with van der Waals surface area (Å²) in [6.07, 6.45) is 1.79. The number of amides is 1. The van der Waals surface area contributed by atoms with Crippen LogP contribution in [-0.2, 0) is 38.0 Å². The normalized spacial score (nSPS) is 41.9. The molecule has 0 saturated carbocycles. The quantitative estimate of drug-likeness (QED) is 0.133. The maximum atomic E-state index is 13.8. The van der Waals surface area contributed by atoms with E-state index in [9.17, 15) is 35.1 Å². The molecule has 59 heavy (non-hydrogen) atoms. The van der Waals surface area contributed by atoms with E-state index in [1.165, 1.54) is 20.3 Å². The van der Waals surface area contributed by atoms with Gasteiger partial charge in [-0.1, -0.05) is 82.2 Å². The summed E-state index contributed by atoms with van der Waals surface area (Å²) in [7, 11) is 2.80. The van der Waals surface area contributed by atoms with Crippen molar-refractivity contribution in [2.24, 2.45) is 35.3 Å². The van der Waals surface area contributed by atoms with Crippen LogP contribution in [0, 0.1) is 29.6 Å². The van der Waals surface area contributed by atoms with Crippen molar-refractivity contribution in [2.75, 3.05) is 14.2 Å². The average Bonchev–Trinajstić information content (AvgIpc) is 3.16. The number of aliphatic hydroxyl groups excluding tert-OH is 4. The second kappa shape index (κ2) is 22.6. The van der Waals surface area contributed by atoms with Gasteiger partial charge in [-0.25, -0.2) is 9.59 Å². The van der Waals surface area contributed by atoms with Crippen LogP contribution in [0.3, 0.4) is 0 Å². The Balaban J connectivity index is 1.98. The Morgan fingerprint density at radius 3 is 2.32 bits per heavy atom. The molecule has 0 aromatic carbocycles. The van der Waals surface area contributed by atoms with Crippen molar-refractivity contribution in [3.05, 3.63) is 59.4 Å². The fourth-order valence-corrected chi connectivity index (χ4v) is 8.17. The van der Waals surface area contributed by atoms with Crippen LogP contribution in [0.5, 0.6) is 0 Å². The number of carbonyl (C=O) groups is 2. The molecule has 3 aliphatic rings. The number of hydrogen-bond acceptors (Lipinski definition) is 14. The molecule has 0 aliphatic carbocycles. The smallest absolute Gasteiger partial charge is 0.404 e. The van der Waals surface area contributed by atoms with Gasteiger partial charge in [0.05, 0.1) is 49.8 Å². The highest BCUT2D eigenvalue weighted by molar-refractivity contribution is 5.87. The van der Waals surface area contributed by atoms with Gasteiger partial charge in [0.15, 0.2) is 18.2 Å². The molecule has 15 nitrogen and oxygen atoms in total. The summed E-state index contributed by atoms with van der Waals surface area (Å²) in [6, 6.07) is 0. The SMILES string of the molecule is C/C=C/[C@H]1O[C@@](O)([C@@H](C)[C@H](O)[C@H](C)[C@H]2OC(=O)/C(OC)=C\C(C)=C\[C@@H](C)[C@@H](O)C[C@@H](O)[C@H](C)C/C(C)=C/C=C/[C@@H]2OC)C[C@@H](O[C@H]2C[C@@H](O)[C@H](OC(N)=O)[C@@H](C)O2)[C@@H]1C. The number of primary amides is 1. The number of allylic oxidation sites excluding steroid dienone is 6. The molecule has 0 aromatic heterocycles. The van der Waals surface area contributed by atoms with Gasteiger partial charge in [-0.05, 0) is 46.1 Å². The zero-order valence-corrected chi connectivity index (χ0v) is 36.6. The van der Waals surface area contributed by atoms with E-state index in [0.29, 0.717) is 12.0 Å². The van der Waals surface area contributed by atoms with Crippen molar-refractivity contribution >= 4 is 12.1 Å². The van der Waals surface area contributed by atoms with Crippen LogP contribution in [0.2, 0.25) is 0 Å². The summed E-state index contributed by atoms with van der Waals surface area (Å²) in [5, 5.41) is 57.0. The summed E-state index contributed by atoms with van der Waals surface area (Å²) >= 11 is 0. The van der Waals surface area contributed by atoms with Gasteiger partial charge in [-0.3, -0.25) is 0 Å². The number of rotatable bonds is 10. The van der Waals surface area contributed by atoms with Crippen molar-refractivity contribution in [2.45, 2.75) is 161 Å². The molecule has 0 bridgehead atoms. The lowest BCUT2D eigenvalue weighted by molar-refractivity contribution is -0.338. The Labute approximate surface area is 349 Å². The first-order valence-electron chi connectivity index (χ1n) is 20.7. The Kier molecular flexibility index (Phi) is 19.3. The maximum Gasteiger partial charge on any atom is 0.404 e. The molecule has 15 heteroatoms. The fraction of sp³-hybridized carbons (Fsp3) is 0.727. The van der Waals surface area contributed by atoms with Gasteiger partial charge in [0.2, 0.25) is 5.76 Å². The van der Waals surface area contributed by atoms with Crippen LogP contribution >= 0.6 is 0 Å². The number of cyclic esters (lactones) is 1. The molecule has 3 heterocycles. The van der Waals surface area contributed by atoms with E-state index < -0.39 is 97.0 Å². The monoisotopic (exact) mass is 837 g/mol. The number of carbonyl (C=O) groups excluding carboxylic acids is 2. The third kappa shape index (κ3) is 13.7. The first-order chi connectivity index (χ1) is 27.7. The molecular weight excluding hydrogens is 766 g/mol. The molecule has 2 saturated heterocycles. The first-order valence-corrected chi connectivity index (χ1v) is 20.7. The topological polar surface area (TPSA) is 226 Å². The minimum atomic E-state index is -1.97. The standard InChI is InChI=1S/C44H71NO14/c1-12-14-34-27(6)37(56-38-21-33(48)41(30(9)55-38)58-43(45)51)22-44(52,59-34)29(8)39(49)28(7)40-35(53-10)16-13-15-23(2)17-25(4)31(46)20-32(47)26(5)18-24(3)19-36(54-11)42(50)57-40/h12-16,18-19,25-35,37-41,46-49,52H,17,20-22H2,1-11H3,(H2,45,51)/b14-12+,16-13+,23-15+,24-18+,36-19+/t25-,26-,27-,28+,29+,30-,31-,32+,33-,34-,35+,37-,38+,39-,40-,41-,44-/m1/s1. The van der Waals surface area contributed by atoms with E-state index in [4.69, 9.17) is 38.9 Å². The molecule has 1 amide bonds. The van der Waals surface area contributed by atoms with Crippen molar-refractivity contribution in [3.63, 3.8) is 0 Å². The highest BCUT2D eigenvalue weighted by atomic mass is 16.7. The molecule has 17 atom stereocenters. The highest BCUT2D eigenvalue weighted by Crippen LogP contribution is 2.42. The minimum Gasteiger partial charge on any atom is -0.490 e. The average molecular weight is 838 g/mol. The van der Waals surface area contributed by atoms with E-state index in [2.05, 4.69) is 0 Å². The third-order valence-electron chi connectivity index (χ3n) is 12.0. The van der Waals surface area contributed by atoms with Gasteiger partial charge in [-0.15, -0.1) is 0 Å². The summed E-state index contributed by atoms with van der Waals surface area (Å²) in [6.45, 7) is 16.1. The maximum absolute atomic E-state index is 13.8. The number of methoxy groups -OCH3 is 2. The van der Waals surface area contributed by atoms with E-state index in [-0.39, 0.29) is 42.8 Å². The van der Waals surface area contributed by atoms with Crippen LogP contribution in [0.4, 0.5) is 4.79 Å². The number of ether oxygens (including phenoxy) is 7. The van der Waals surface area contributed by atoms with E-state index in [0.717, 1.165) is 5.57 Å². The van der Waals surface area contributed by atoms with Gasteiger partial charge < -0.3 is 64.4 Å². The molecule has 336 valence electrons. The zero-order valence-electron chi connectivity index (χ0n) is 36.6. The molecule has 0 radical (unpaired) electrons. The van der Waals surface area contributed by atoms with Gasteiger partial charge >= 0.3 is 12.1 Å². The summed E-state index contributed by atoms with van der Waals surface area (Å²) < 4.78 is 41.2. The lowest BCUT2D eigenvalue weighted by atomic mass is 9.77. The lowest BCUT2D eigenvalue weighted by Gasteiger charge is -2.49. The Morgan fingerprint density at radius 1 is 1.05 bits per heavy atom. The first kappa shape index (κ1) is 50.2. The Hall–Kier alpha value is -3.12. The predicted molar refractivity (Wildman–Crippen MR) is 219 cm³/mol. The molecular formula is C44H71NO14. The number of aliphatic hydroxyl groups is 5.